The predicted octanol–water partition coefficient (Wildman–Crippen LogP) is -0.202. The molecule has 0 aromatic carbocycles. The molecule has 0 radical (unpaired) electrons. The minimum Gasteiger partial charge on any atom is -0.359 e. The van der Waals surface area contributed by atoms with E-state index >= 15 is 0 Å². The van der Waals surface area contributed by atoms with E-state index in [-0.39, 0.29) is 5.91 Å². The minimum absolute atomic E-state index is 0.103. The number of pyridine rings is 1. The first-order chi connectivity index (χ1) is 9.72. The lowest BCUT2D eigenvalue weighted by molar-refractivity contribution is -0.120. The first-order valence-electron chi connectivity index (χ1n) is 7.06. The molecule has 0 atom stereocenters. The number of carbonyl (C=O) groups excluding carboxylic acids is 1. The summed E-state index contributed by atoms with van der Waals surface area (Å²) in [7, 11) is 1.68. The molecular weight excluding hydrogens is 254 g/mol. The van der Waals surface area contributed by atoms with Crippen LogP contribution in [0.3, 0.4) is 0 Å². The Morgan fingerprint density at radius 2 is 2.10 bits per heavy atom. The lowest BCUT2D eigenvalue weighted by atomic mass is 10.2. The minimum atomic E-state index is 0.103. The van der Waals surface area contributed by atoms with Crippen LogP contribution >= 0.6 is 0 Å². The van der Waals surface area contributed by atoms with Gasteiger partial charge < -0.3 is 16.0 Å². The number of nitrogens with zero attached hydrogens (tertiary/aromatic N) is 3. The molecule has 0 unspecified atom stereocenters. The molecule has 0 aliphatic carbocycles. The van der Waals surface area contributed by atoms with E-state index in [4.69, 9.17) is 5.73 Å². The van der Waals surface area contributed by atoms with Crippen molar-refractivity contribution in [2.45, 2.75) is 13.0 Å². The Hall–Kier alpha value is -1.66. The SMILES string of the molecule is CNC(=O)CCN1CCN(c2ccc(CN)cn2)CC1. The normalized spacial score (nSPS) is 16.2. The van der Waals surface area contributed by atoms with E-state index in [1.807, 2.05) is 18.3 Å². The van der Waals surface area contributed by atoms with Crippen molar-refractivity contribution in [1.29, 1.82) is 0 Å². The zero-order valence-electron chi connectivity index (χ0n) is 12.0. The monoisotopic (exact) mass is 277 g/mol. The van der Waals surface area contributed by atoms with Crippen molar-refractivity contribution in [3.8, 4) is 0 Å². The van der Waals surface area contributed by atoms with Crippen molar-refractivity contribution in [2.75, 3.05) is 44.7 Å². The maximum atomic E-state index is 11.2. The van der Waals surface area contributed by atoms with Crippen LogP contribution in [0.15, 0.2) is 18.3 Å². The highest BCUT2D eigenvalue weighted by Crippen LogP contribution is 2.14. The van der Waals surface area contributed by atoms with E-state index in [0.29, 0.717) is 13.0 Å². The number of aromatic nitrogens is 1. The fraction of sp³-hybridized carbons (Fsp3) is 0.571. The Morgan fingerprint density at radius 1 is 1.35 bits per heavy atom. The summed E-state index contributed by atoms with van der Waals surface area (Å²) in [5.41, 5.74) is 6.63. The molecule has 1 saturated heterocycles. The molecule has 1 aliphatic heterocycles. The quantitative estimate of drug-likeness (QED) is 0.779. The van der Waals surface area contributed by atoms with Gasteiger partial charge in [-0.3, -0.25) is 9.69 Å². The van der Waals surface area contributed by atoms with Gasteiger partial charge in [0.25, 0.3) is 0 Å². The van der Waals surface area contributed by atoms with Gasteiger partial charge in [-0.1, -0.05) is 6.07 Å². The van der Waals surface area contributed by atoms with Crippen molar-refractivity contribution < 1.29 is 4.79 Å². The fourth-order valence-electron chi connectivity index (χ4n) is 2.31. The van der Waals surface area contributed by atoms with E-state index in [1.165, 1.54) is 0 Å². The third-order valence-corrected chi connectivity index (χ3v) is 3.68. The fourth-order valence-corrected chi connectivity index (χ4v) is 2.31. The molecule has 110 valence electrons. The summed E-state index contributed by atoms with van der Waals surface area (Å²) in [6, 6.07) is 4.06. The number of nitrogens with one attached hydrogen (secondary N) is 1. The Bertz CT molecular complexity index is 426. The summed E-state index contributed by atoms with van der Waals surface area (Å²) in [6.45, 7) is 5.19. The molecule has 0 bridgehead atoms. The Labute approximate surface area is 120 Å². The second kappa shape index (κ2) is 7.21. The Balaban J connectivity index is 1.79. The van der Waals surface area contributed by atoms with Gasteiger partial charge >= 0.3 is 0 Å². The van der Waals surface area contributed by atoms with Crippen LogP contribution in [0, 0.1) is 0 Å². The van der Waals surface area contributed by atoms with E-state index in [1.54, 1.807) is 7.05 Å². The molecule has 6 nitrogen and oxygen atoms in total. The van der Waals surface area contributed by atoms with Gasteiger partial charge in [0.15, 0.2) is 0 Å². The molecule has 0 spiro atoms. The molecule has 1 amide bonds. The third kappa shape index (κ3) is 3.91. The standard InChI is InChI=1S/C14H23N5O/c1-16-14(20)4-5-18-6-8-19(9-7-18)13-3-2-12(10-15)11-17-13/h2-3,11H,4-10,15H2,1H3,(H,16,20). The molecule has 1 aliphatic rings. The number of anilines is 1. The Morgan fingerprint density at radius 3 is 2.65 bits per heavy atom. The summed E-state index contributed by atoms with van der Waals surface area (Å²) in [5.74, 6) is 1.11. The second-order valence-corrected chi connectivity index (χ2v) is 4.98. The molecule has 2 heterocycles. The Kier molecular flexibility index (Phi) is 5.31. The molecule has 3 N–H and O–H groups in total. The summed E-state index contributed by atoms with van der Waals surface area (Å²) >= 11 is 0. The second-order valence-electron chi connectivity index (χ2n) is 4.98. The number of carbonyl (C=O) groups is 1. The molecule has 0 saturated carbocycles. The highest BCUT2D eigenvalue weighted by Gasteiger charge is 2.18. The van der Waals surface area contributed by atoms with Crippen LogP contribution in [0.25, 0.3) is 0 Å². The van der Waals surface area contributed by atoms with Crippen LogP contribution in [-0.4, -0.2) is 55.6 Å². The van der Waals surface area contributed by atoms with Crippen molar-refractivity contribution in [3.63, 3.8) is 0 Å². The van der Waals surface area contributed by atoms with E-state index in [0.717, 1.165) is 44.1 Å². The number of rotatable bonds is 5. The molecule has 6 heteroatoms. The van der Waals surface area contributed by atoms with Crippen LogP contribution in [0.4, 0.5) is 5.82 Å². The van der Waals surface area contributed by atoms with Crippen molar-refractivity contribution in [1.82, 2.24) is 15.2 Å². The van der Waals surface area contributed by atoms with E-state index < -0.39 is 0 Å². The van der Waals surface area contributed by atoms with E-state index in [9.17, 15) is 4.79 Å². The van der Waals surface area contributed by atoms with Gasteiger partial charge in [0.1, 0.15) is 5.82 Å². The highest BCUT2D eigenvalue weighted by molar-refractivity contribution is 5.75. The topological polar surface area (TPSA) is 74.5 Å². The van der Waals surface area contributed by atoms with Crippen LogP contribution in [0.2, 0.25) is 0 Å². The molecule has 1 aromatic heterocycles. The zero-order valence-corrected chi connectivity index (χ0v) is 12.0. The van der Waals surface area contributed by atoms with Crippen LogP contribution in [-0.2, 0) is 11.3 Å². The number of amides is 1. The van der Waals surface area contributed by atoms with Crippen molar-refractivity contribution >= 4 is 11.7 Å². The van der Waals surface area contributed by atoms with Gasteiger partial charge in [-0.05, 0) is 11.6 Å². The average Bonchev–Trinajstić information content (AvgIpc) is 2.53. The lowest BCUT2D eigenvalue weighted by Crippen LogP contribution is -2.47. The van der Waals surface area contributed by atoms with Crippen molar-refractivity contribution in [3.05, 3.63) is 23.9 Å². The lowest BCUT2D eigenvalue weighted by Gasteiger charge is -2.35. The molecule has 20 heavy (non-hydrogen) atoms. The maximum absolute atomic E-state index is 11.2. The number of piperazine rings is 1. The first kappa shape index (κ1) is 14.7. The van der Waals surface area contributed by atoms with Gasteiger partial charge in [0.05, 0.1) is 0 Å². The van der Waals surface area contributed by atoms with Gasteiger partial charge in [-0.2, -0.15) is 0 Å². The van der Waals surface area contributed by atoms with Crippen LogP contribution < -0.4 is 16.0 Å². The van der Waals surface area contributed by atoms with Gasteiger partial charge in [-0.15, -0.1) is 0 Å². The summed E-state index contributed by atoms with van der Waals surface area (Å²) in [5, 5.41) is 2.65. The smallest absolute Gasteiger partial charge is 0.221 e. The molecular formula is C14H23N5O. The summed E-state index contributed by atoms with van der Waals surface area (Å²) < 4.78 is 0. The summed E-state index contributed by atoms with van der Waals surface area (Å²) in [4.78, 5) is 20.3. The predicted molar refractivity (Wildman–Crippen MR) is 79.5 cm³/mol. The number of hydrogen-bond acceptors (Lipinski definition) is 5. The van der Waals surface area contributed by atoms with Gasteiger partial charge in [0, 0.05) is 58.9 Å². The maximum Gasteiger partial charge on any atom is 0.221 e. The molecule has 2 rings (SSSR count). The third-order valence-electron chi connectivity index (χ3n) is 3.68. The van der Waals surface area contributed by atoms with Gasteiger partial charge in [-0.25, -0.2) is 4.98 Å². The number of hydrogen-bond donors (Lipinski definition) is 2. The van der Waals surface area contributed by atoms with Crippen LogP contribution in [0.1, 0.15) is 12.0 Å². The van der Waals surface area contributed by atoms with E-state index in [2.05, 4.69) is 20.1 Å². The largest absolute Gasteiger partial charge is 0.359 e. The number of nitrogens with two attached hydrogens (primary N) is 1. The van der Waals surface area contributed by atoms with Crippen LogP contribution in [0.5, 0.6) is 0 Å². The first-order valence-corrected chi connectivity index (χ1v) is 7.06. The average molecular weight is 277 g/mol. The highest BCUT2D eigenvalue weighted by atomic mass is 16.1. The van der Waals surface area contributed by atoms with Crippen molar-refractivity contribution in [2.24, 2.45) is 5.73 Å². The summed E-state index contributed by atoms with van der Waals surface area (Å²) in [6.07, 6.45) is 2.41. The van der Waals surface area contributed by atoms with Gasteiger partial charge in [0.2, 0.25) is 5.91 Å². The molecule has 1 fully saturated rings. The zero-order chi connectivity index (χ0) is 14.4. The molecule has 1 aromatic rings.